The van der Waals surface area contributed by atoms with Crippen molar-refractivity contribution in [1.29, 1.82) is 0 Å². The fourth-order valence-corrected chi connectivity index (χ4v) is 4.04. The second kappa shape index (κ2) is 10.8. The number of nitrogens with one attached hydrogen (secondary N) is 2. The molecule has 172 valence electrons. The van der Waals surface area contributed by atoms with Crippen LogP contribution in [0.5, 0.6) is 0 Å². The number of ether oxygens (including phenoxy) is 1. The number of hydrogen-bond acceptors (Lipinski definition) is 5. The molecule has 0 saturated heterocycles. The SMILES string of the molecule is C[C@H](NC(=O)COC(=O)c1cccc(S(=O)(=O)NCc2ccccc2)c1)c1ccc(F)cc1. The molecule has 1 amide bonds. The third-order valence-corrected chi connectivity index (χ3v) is 6.17. The largest absolute Gasteiger partial charge is 0.452 e. The normalized spacial score (nSPS) is 12.1. The minimum absolute atomic E-state index is 0.00281. The summed E-state index contributed by atoms with van der Waals surface area (Å²) < 4.78 is 45.7. The molecule has 0 unspecified atom stereocenters. The van der Waals surface area contributed by atoms with Crippen molar-refractivity contribution >= 4 is 21.9 Å². The quantitative estimate of drug-likeness (QED) is 0.467. The van der Waals surface area contributed by atoms with Gasteiger partial charge in [0.15, 0.2) is 6.61 Å². The summed E-state index contributed by atoms with van der Waals surface area (Å²) in [5.74, 6) is -1.76. The van der Waals surface area contributed by atoms with Crippen LogP contribution in [0.15, 0.2) is 83.8 Å². The molecule has 7 nitrogen and oxygen atoms in total. The summed E-state index contributed by atoms with van der Waals surface area (Å²) in [7, 11) is -3.86. The van der Waals surface area contributed by atoms with E-state index in [1.807, 2.05) is 6.07 Å². The molecule has 0 bridgehead atoms. The molecule has 1 atom stereocenters. The first-order valence-electron chi connectivity index (χ1n) is 10.1. The van der Waals surface area contributed by atoms with E-state index in [1.165, 1.54) is 36.4 Å². The molecule has 0 saturated carbocycles. The Kier molecular flexibility index (Phi) is 7.92. The zero-order valence-electron chi connectivity index (χ0n) is 17.8. The van der Waals surface area contributed by atoms with Crippen LogP contribution in [0.4, 0.5) is 4.39 Å². The third-order valence-electron chi connectivity index (χ3n) is 4.77. The van der Waals surface area contributed by atoms with Gasteiger partial charge in [0.25, 0.3) is 5.91 Å². The molecule has 0 fully saturated rings. The van der Waals surface area contributed by atoms with Crippen molar-refractivity contribution < 1.29 is 27.1 Å². The van der Waals surface area contributed by atoms with Gasteiger partial charge in [-0.05, 0) is 48.4 Å². The van der Waals surface area contributed by atoms with E-state index < -0.39 is 34.5 Å². The molecule has 33 heavy (non-hydrogen) atoms. The van der Waals surface area contributed by atoms with Crippen LogP contribution < -0.4 is 10.0 Å². The maximum atomic E-state index is 13.0. The van der Waals surface area contributed by atoms with Crippen molar-refractivity contribution in [2.45, 2.75) is 24.4 Å². The monoisotopic (exact) mass is 470 g/mol. The molecule has 0 aliphatic heterocycles. The Balaban J connectivity index is 1.56. The van der Waals surface area contributed by atoms with Crippen molar-refractivity contribution in [3.63, 3.8) is 0 Å². The Bertz CT molecular complexity index is 1220. The number of amides is 1. The van der Waals surface area contributed by atoms with Crippen LogP contribution in [0.25, 0.3) is 0 Å². The molecule has 9 heteroatoms. The Labute approximate surface area is 191 Å². The summed E-state index contributed by atoms with van der Waals surface area (Å²) in [5.41, 5.74) is 1.48. The number of hydrogen-bond donors (Lipinski definition) is 2. The predicted octanol–water partition coefficient (Wildman–Crippen LogP) is 3.34. The molecule has 0 spiro atoms. The highest BCUT2D eigenvalue weighted by Gasteiger charge is 2.18. The Hall–Kier alpha value is -3.56. The average Bonchev–Trinajstić information content (AvgIpc) is 2.82. The van der Waals surface area contributed by atoms with Gasteiger partial charge in [0.05, 0.1) is 16.5 Å². The van der Waals surface area contributed by atoms with Gasteiger partial charge >= 0.3 is 5.97 Å². The molecular formula is C24H23FN2O5S. The summed E-state index contributed by atoms with van der Waals surface area (Å²) >= 11 is 0. The number of carbonyl (C=O) groups excluding carboxylic acids is 2. The van der Waals surface area contributed by atoms with Crippen molar-refractivity contribution in [2.75, 3.05) is 6.61 Å². The molecular weight excluding hydrogens is 447 g/mol. The van der Waals surface area contributed by atoms with Crippen molar-refractivity contribution in [1.82, 2.24) is 10.0 Å². The third kappa shape index (κ3) is 6.96. The fourth-order valence-electron chi connectivity index (χ4n) is 2.98. The highest BCUT2D eigenvalue weighted by molar-refractivity contribution is 7.89. The average molecular weight is 471 g/mol. The predicted molar refractivity (Wildman–Crippen MR) is 120 cm³/mol. The summed E-state index contributed by atoms with van der Waals surface area (Å²) in [6, 6.07) is 19.6. The highest BCUT2D eigenvalue weighted by atomic mass is 32.2. The summed E-state index contributed by atoms with van der Waals surface area (Å²) in [4.78, 5) is 24.4. The molecule has 0 heterocycles. The van der Waals surface area contributed by atoms with E-state index in [2.05, 4.69) is 10.0 Å². The highest BCUT2D eigenvalue weighted by Crippen LogP contribution is 2.14. The molecule has 0 aliphatic carbocycles. The number of carbonyl (C=O) groups is 2. The van der Waals surface area contributed by atoms with Gasteiger partial charge in [0.1, 0.15) is 5.82 Å². The van der Waals surface area contributed by atoms with E-state index in [9.17, 15) is 22.4 Å². The Morgan fingerprint density at radius 3 is 2.36 bits per heavy atom. The van der Waals surface area contributed by atoms with Crippen LogP contribution in [-0.4, -0.2) is 26.9 Å². The standard InChI is InChI=1S/C24H23FN2O5S/c1-17(19-10-12-21(25)13-11-19)27-23(28)16-32-24(29)20-8-5-9-22(14-20)33(30,31)26-15-18-6-3-2-4-7-18/h2-14,17,26H,15-16H2,1H3,(H,27,28)/t17-/m0/s1. The minimum atomic E-state index is -3.86. The van der Waals surface area contributed by atoms with Crippen molar-refractivity contribution in [3.8, 4) is 0 Å². The maximum Gasteiger partial charge on any atom is 0.338 e. The van der Waals surface area contributed by atoms with Crippen LogP contribution in [0.1, 0.15) is 34.5 Å². The van der Waals surface area contributed by atoms with Crippen LogP contribution >= 0.6 is 0 Å². The van der Waals surface area contributed by atoms with Gasteiger partial charge in [-0.15, -0.1) is 0 Å². The van der Waals surface area contributed by atoms with E-state index in [-0.39, 0.29) is 22.8 Å². The Morgan fingerprint density at radius 1 is 0.970 bits per heavy atom. The van der Waals surface area contributed by atoms with Gasteiger partial charge in [-0.2, -0.15) is 0 Å². The molecule has 3 aromatic rings. The summed E-state index contributed by atoms with van der Waals surface area (Å²) in [6.07, 6.45) is 0. The number of benzene rings is 3. The zero-order chi connectivity index (χ0) is 23.8. The first-order valence-corrected chi connectivity index (χ1v) is 11.6. The minimum Gasteiger partial charge on any atom is -0.452 e. The van der Waals surface area contributed by atoms with Gasteiger partial charge < -0.3 is 10.1 Å². The van der Waals surface area contributed by atoms with E-state index in [1.54, 1.807) is 43.3 Å². The summed E-state index contributed by atoms with van der Waals surface area (Å²) in [6.45, 7) is 1.27. The topological polar surface area (TPSA) is 102 Å². The number of halogens is 1. The Morgan fingerprint density at radius 2 is 1.67 bits per heavy atom. The van der Waals surface area contributed by atoms with Gasteiger partial charge in [0.2, 0.25) is 10.0 Å². The van der Waals surface area contributed by atoms with Crippen LogP contribution in [-0.2, 0) is 26.1 Å². The van der Waals surface area contributed by atoms with Crippen molar-refractivity contribution in [2.24, 2.45) is 0 Å². The fraction of sp³-hybridized carbons (Fsp3) is 0.167. The van der Waals surface area contributed by atoms with E-state index >= 15 is 0 Å². The van der Waals surface area contributed by atoms with Crippen LogP contribution in [0.3, 0.4) is 0 Å². The number of sulfonamides is 1. The van der Waals surface area contributed by atoms with Crippen LogP contribution in [0.2, 0.25) is 0 Å². The zero-order valence-corrected chi connectivity index (χ0v) is 18.6. The first kappa shape index (κ1) is 24.1. The van der Waals surface area contributed by atoms with E-state index in [0.29, 0.717) is 5.56 Å². The lowest BCUT2D eigenvalue weighted by Crippen LogP contribution is -2.31. The molecule has 3 aromatic carbocycles. The lowest BCUT2D eigenvalue weighted by molar-refractivity contribution is -0.124. The van der Waals surface area contributed by atoms with Gasteiger partial charge in [-0.3, -0.25) is 4.79 Å². The molecule has 2 N–H and O–H groups in total. The lowest BCUT2D eigenvalue weighted by Gasteiger charge is -2.14. The maximum absolute atomic E-state index is 13.0. The first-order chi connectivity index (χ1) is 15.7. The van der Waals surface area contributed by atoms with E-state index in [0.717, 1.165) is 5.56 Å². The van der Waals surface area contributed by atoms with Gasteiger partial charge in [-0.25, -0.2) is 22.3 Å². The number of rotatable bonds is 9. The molecule has 0 aromatic heterocycles. The van der Waals surface area contributed by atoms with Crippen molar-refractivity contribution in [3.05, 3.63) is 101 Å². The van der Waals surface area contributed by atoms with Gasteiger partial charge in [0, 0.05) is 6.54 Å². The molecule has 3 rings (SSSR count). The van der Waals surface area contributed by atoms with Crippen LogP contribution in [0, 0.1) is 5.82 Å². The number of esters is 1. The molecule has 0 aliphatic rings. The second-order valence-corrected chi connectivity index (χ2v) is 9.02. The summed E-state index contributed by atoms with van der Waals surface area (Å²) in [5, 5.41) is 2.65. The lowest BCUT2D eigenvalue weighted by atomic mass is 10.1. The second-order valence-electron chi connectivity index (χ2n) is 7.25. The van der Waals surface area contributed by atoms with Gasteiger partial charge in [-0.1, -0.05) is 48.5 Å². The van der Waals surface area contributed by atoms with E-state index in [4.69, 9.17) is 4.74 Å². The molecule has 0 radical (unpaired) electrons. The smallest absolute Gasteiger partial charge is 0.338 e.